The summed E-state index contributed by atoms with van der Waals surface area (Å²) in [6.07, 6.45) is 0.461. The molecule has 0 aliphatic rings. The molecule has 2 aromatic carbocycles. The molecule has 0 atom stereocenters. The Balaban J connectivity index is 1.49. The fourth-order valence-corrected chi connectivity index (χ4v) is 2.80. The zero-order chi connectivity index (χ0) is 21.5. The van der Waals surface area contributed by atoms with Crippen LogP contribution in [-0.2, 0) is 13.0 Å². The Hall–Kier alpha value is -3.55. The molecule has 0 radical (unpaired) electrons. The molecule has 1 heterocycles. The quantitative estimate of drug-likeness (QED) is 0.604. The summed E-state index contributed by atoms with van der Waals surface area (Å²) in [5, 5.41) is 6.82. The van der Waals surface area contributed by atoms with Crippen LogP contribution in [0.3, 0.4) is 0 Å². The van der Waals surface area contributed by atoms with E-state index in [1.807, 2.05) is 56.3 Å². The van der Waals surface area contributed by atoms with E-state index in [2.05, 4.69) is 15.5 Å². The van der Waals surface area contributed by atoms with Gasteiger partial charge in [-0.25, -0.2) is 4.79 Å². The molecule has 0 saturated carbocycles. The highest BCUT2D eigenvalue weighted by atomic mass is 16.5. The van der Waals surface area contributed by atoms with E-state index in [1.165, 1.54) is 0 Å². The molecule has 1 aromatic heterocycles. The summed E-state index contributed by atoms with van der Waals surface area (Å²) in [5.74, 6) is 2.27. The lowest BCUT2D eigenvalue weighted by Crippen LogP contribution is -2.33. The molecule has 3 rings (SSSR count). The molecule has 8 heteroatoms. The van der Waals surface area contributed by atoms with E-state index in [1.54, 1.807) is 19.1 Å². The van der Waals surface area contributed by atoms with Gasteiger partial charge in [0.25, 0.3) is 5.89 Å². The summed E-state index contributed by atoms with van der Waals surface area (Å²) in [5.41, 5.74) is 2.77. The lowest BCUT2D eigenvalue weighted by molar-refractivity contribution is 0.222. The topological polar surface area (TPSA) is 89.7 Å². The number of aromatic nitrogens is 2. The smallest absolute Gasteiger partial charge is 0.321 e. The van der Waals surface area contributed by atoms with Gasteiger partial charge in [0.05, 0.1) is 12.8 Å². The Bertz CT molecular complexity index is 1000. The largest absolute Gasteiger partial charge is 0.495 e. The number of benzene rings is 2. The molecule has 0 spiro atoms. The van der Waals surface area contributed by atoms with Gasteiger partial charge in [-0.1, -0.05) is 23.4 Å². The Morgan fingerprint density at radius 1 is 1.17 bits per heavy atom. The number of aryl methyl sites for hydroxylation is 2. The SMILES string of the molecule is COc1ccc(C)cc1NC(=O)N(C)CCc1noc(COc2cccc(C)c2)n1. The molecule has 0 unspecified atom stereocenters. The number of amides is 2. The highest BCUT2D eigenvalue weighted by Gasteiger charge is 2.14. The summed E-state index contributed by atoms with van der Waals surface area (Å²) in [4.78, 5) is 18.4. The van der Waals surface area contributed by atoms with E-state index in [0.717, 1.165) is 16.9 Å². The first-order valence-corrected chi connectivity index (χ1v) is 9.62. The highest BCUT2D eigenvalue weighted by Crippen LogP contribution is 2.25. The first-order valence-electron chi connectivity index (χ1n) is 9.62. The number of ether oxygens (including phenoxy) is 2. The second-order valence-corrected chi connectivity index (χ2v) is 7.01. The molecule has 0 aliphatic heterocycles. The van der Waals surface area contributed by atoms with Crippen molar-refractivity contribution in [1.82, 2.24) is 15.0 Å². The highest BCUT2D eigenvalue weighted by molar-refractivity contribution is 5.91. The number of rotatable bonds is 8. The second-order valence-electron chi connectivity index (χ2n) is 7.01. The third-order valence-electron chi connectivity index (χ3n) is 4.48. The van der Waals surface area contributed by atoms with Crippen molar-refractivity contribution < 1.29 is 18.8 Å². The van der Waals surface area contributed by atoms with Gasteiger partial charge in [-0.2, -0.15) is 4.98 Å². The Morgan fingerprint density at radius 2 is 1.97 bits per heavy atom. The van der Waals surface area contributed by atoms with Crippen LogP contribution in [0.25, 0.3) is 0 Å². The molecule has 30 heavy (non-hydrogen) atoms. The molecule has 8 nitrogen and oxygen atoms in total. The number of likely N-dealkylation sites (N-methyl/N-ethyl adjacent to an activating group) is 1. The number of nitrogens with one attached hydrogen (secondary N) is 1. The van der Waals surface area contributed by atoms with E-state index in [0.29, 0.717) is 36.1 Å². The molecule has 0 aliphatic carbocycles. The van der Waals surface area contributed by atoms with Crippen LogP contribution in [0.4, 0.5) is 10.5 Å². The van der Waals surface area contributed by atoms with Crippen molar-refractivity contribution in [2.45, 2.75) is 26.9 Å². The number of anilines is 1. The average Bonchev–Trinajstić information content (AvgIpc) is 3.18. The third kappa shape index (κ3) is 5.73. The summed E-state index contributed by atoms with van der Waals surface area (Å²) in [6.45, 7) is 4.58. The predicted molar refractivity (Wildman–Crippen MR) is 113 cm³/mol. The molecule has 2 amide bonds. The van der Waals surface area contributed by atoms with Gasteiger partial charge in [-0.3, -0.25) is 0 Å². The summed E-state index contributed by atoms with van der Waals surface area (Å²) in [6, 6.07) is 13.1. The average molecular weight is 410 g/mol. The van der Waals surface area contributed by atoms with E-state index in [-0.39, 0.29) is 12.6 Å². The van der Waals surface area contributed by atoms with E-state index >= 15 is 0 Å². The van der Waals surface area contributed by atoms with Gasteiger partial charge in [0, 0.05) is 20.0 Å². The van der Waals surface area contributed by atoms with Crippen molar-refractivity contribution in [2.75, 3.05) is 26.0 Å². The van der Waals surface area contributed by atoms with Crippen LogP contribution in [-0.4, -0.2) is 41.8 Å². The monoisotopic (exact) mass is 410 g/mol. The fraction of sp³-hybridized carbons (Fsp3) is 0.318. The fourth-order valence-electron chi connectivity index (χ4n) is 2.80. The molecule has 158 valence electrons. The lowest BCUT2D eigenvalue weighted by Gasteiger charge is -2.18. The van der Waals surface area contributed by atoms with Gasteiger partial charge in [0.15, 0.2) is 12.4 Å². The maximum absolute atomic E-state index is 12.5. The van der Waals surface area contributed by atoms with Gasteiger partial charge in [0.1, 0.15) is 11.5 Å². The van der Waals surface area contributed by atoms with Crippen molar-refractivity contribution in [2.24, 2.45) is 0 Å². The molecular weight excluding hydrogens is 384 g/mol. The van der Waals surface area contributed by atoms with Gasteiger partial charge >= 0.3 is 6.03 Å². The minimum absolute atomic E-state index is 0.194. The van der Waals surface area contributed by atoms with Gasteiger partial charge in [0.2, 0.25) is 0 Å². The number of carbonyl (C=O) groups is 1. The van der Waals surface area contributed by atoms with Crippen molar-refractivity contribution in [1.29, 1.82) is 0 Å². The number of carbonyl (C=O) groups excluding carboxylic acids is 1. The number of nitrogens with zero attached hydrogens (tertiary/aromatic N) is 3. The standard InChI is InChI=1S/C22H26N4O4/c1-15-6-5-7-17(12-15)29-14-21-24-20(25-30-21)10-11-26(3)22(27)23-18-13-16(2)8-9-19(18)28-4/h5-9,12-13H,10-11,14H2,1-4H3,(H,23,27). The minimum Gasteiger partial charge on any atom is -0.495 e. The van der Waals surface area contributed by atoms with Crippen LogP contribution in [0.15, 0.2) is 47.0 Å². The maximum Gasteiger partial charge on any atom is 0.321 e. The van der Waals surface area contributed by atoms with Crippen molar-refractivity contribution in [3.63, 3.8) is 0 Å². The van der Waals surface area contributed by atoms with Crippen molar-refractivity contribution in [3.05, 3.63) is 65.3 Å². The third-order valence-corrected chi connectivity index (χ3v) is 4.48. The predicted octanol–water partition coefficient (Wildman–Crippen LogP) is 3.98. The first-order chi connectivity index (χ1) is 14.4. The Labute approximate surface area is 175 Å². The van der Waals surface area contributed by atoms with Crippen LogP contribution < -0.4 is 14.8 Å². The zero-order valence-corrected chi connectivity index (χ0v) is 17.6. The summed E-state index contributed by atoms with van der Waals surface area (Å²) >= 11 is 0. The molecule has 0 bridgehead atoms. The maximum atomic E-state index is 12.5. The van der Waals surface area contributed by atoms with Crippen LogP contribution in [0, 0.1) is 13.8 Å². The second kappa shape index (κ2) is 9.78. The number of urea groups is 1. The summed E-state index contributed by atoms with van der Waals surface area (Å²) in [7, 11) is 3.28. The molecule has 3 aromatic rings. The van der Waals surface area contributed by atoms with E-state index in [4.69, 9.17) is 14.0 Å². The molecule has 0 saturated heterocycles. The lowest BCUT2D eigenvalue weighted by atomic mass is 10.2. The Kier molecular flexibility index (Phi) is 6.90. The minimum atomic E-state index is -0.245. The number of hydrogen-bond donors (Lipinski definition) is 1. The van der Waals surface area contributed by atoms with Crippen LogP contribution in [0.5, 0.6) is 11.5 Å². The number of hydrogen-bond acceptors (Lipinski definition) is 6. The molecular formula is C22H26N4O4. The van der Waals surface area contributed by atoms with Gasteiger partial charge < -0.3 is 24.2 Å². The van der Waals surface area contributed by atoms with Crippen molar-refractivity contribution in [3.8, 4) is 11.5 Å². The molecule has 1 N–H and O–H groups in total. The first kappa shape index (κ1) is 21.2. The molecule has 0 fully saturated rings. The van der Waals surface area contributed by atoms with Gasteiger partial charge in [-0.05, 0) is 49.2 Å². The number of methoxy groups -OCH3 is 1. The summed E-state index contributed by atoms with van der Waals surface area (Å²) < 4.78 is 16.2. The van der Waals surface area contributed by atoms with Crippen LogP contribution in [0.1, 0.15) is 22.8 Å². The normalized spacial score (nSPS) is 10.5. The van der Waals surface area contributed by atoms with Gasteiger partial charge in [-0.15, -0.1) is 0 Å². The van der Waals surface area contributed by atoms with Crippen molar-refractivity contribution >= 4 is 11.7 Å². The zero-order valence-electron chi connectivity index (χ0n) is 17.6. The van der Waals surface area contributed by atoms with E-state index < -0.39 is 0 Å². The Morgan fingerprint density at radius 3 is 2.73 bits per heavy atom. The van der Waals surface area contributed by atoms with E-state index in [9.17, 15) is 4.79 Å². The van der Waals surface area contributed by atoms with Crippen LogP contribution in [0.2, 0.25) is 0 Å². The van der Waals surface area contributed by atoms with Crippen LogP contribution >= 0.6 is 0 Å².